The van der Waals surface area contributed by atoms with Crippen molar-refractivity contribution in [2.75, 3.05) is 6.61 Å². The summed E-state index contributed by atoms with van der Waals surface area (Å²) >= 11 is 0. The average molecular weight is 577 g/mol. The predicted octanol–water partition coefficient (Wildman–Crippen LogP) is 6.87. The van der Waals surface area contributed by atoms with Gasteiger partial charge >= 0.3 is 12.4 Å². The lowest BCUT2D eigenvalue weighted by Gasteiger charge is -2.05. The summed E-state index contributed by atoms with van der Waals surface area (Å²) in [7, 11) is 0. The summed E-state index contributed by atoms with van der Waals surface area (Å²) in [5, 5.41) is 2.61. The molecule has 2 aromatic heterocycles. The van der Waals surface area contributed by atoms with Crippen molar-refractivity contribution >= 4 is 30.2 Å². The number of oxazole rings is 2. The fourth-order valence-electron chi connectivity index (χ4n) is 3.34. The molecule has 0 aliphatic heterocycles. The fraction of sp³-hybridized carbons (Fsp3) is 0.179. The second kappa shape index (κ2) is 12.7. The smallest absolute Gasteiger partial charge is 0.416 e. The fourth-order valence-corrected chi connectivity index (χ4v) is 3.34. The maximum Gasteiger partial charge on any atom is 0.416 e. The van der Waals surface area contributed by atoms with E-state index in [1.165, 1.54) is 48.9 Å². The quantitative estimate of drug-likeness (QED) is 0.207. The van der Waals surface area contributed by atoms with Gasteiger partial charge in [0, 0.05) is 12.2 Å². The Balaban J connectivity index is 1.17. The van der Waals surface area contributed by atoms with E-state index in [1.807, 2.05) is 0 Å². The summed E-state index contributed by atoms with van der Waals surface area (Å²) < 4.78 is 91.7. The molecule has 0 saturated heterocycles. The van der Waals surface area contributed by atoms with Gasteiger partial charge in [-0.2, -0.15) is 26.3 Å². The highest BCUT2D eigenvalue weighted by atomic mass is 19.4. The van der Waals surface area contributed by atoms with Gasteiger partial charge in [0.15, 0.2) is 0 Å². The van der Waals surface area contributed by atoms with E-state index in [2.05, 4.69) is 15.3 Å². The number of halogens is 6. The highest BCUT2D eigenvalue weighted by molar-refractivity contribution is 5.77. The Kier molecular flexibility index (Phi) is 9.07. The Morgan fingerprint density at radius 2 is 1.20 bits per heavy atom. The molecule has 1 N–H and O–H groups in total. The van der Waals surface area contributed by atoms with Crippen molar-refractivity contribution < 1.29 is 44.7 Å². The summed E-state index contributed by atoms with van der Waals surface area (Å²) in [5.74, 6) is -0.0115. The molecule has 0 saturated carbocycles. The maximum atomic E-state index is 12.6. The van der Waals surface area contributed by atoms with E-state index >= 15 is 0 Å². The van der Waals surface area contributed by atoms with Gasteiger partial charge in [0.05, 0.1) is 30.0 Å². The largest absolute Gasteiger partial charge is 0.445 e. The van der Waals surface area contributed by atoms with Crippen molar-refractivity contribution in [2.45, 2.75) is 25.5 Å². The SMILES string of the molecule is O=C(COCc1coc(/C=C/c2ccc(C(F)(F)F)cc2)n1)NCc1coc(/C=C/c2ccc(C(F)(F)F)cc2)n1. The second-order valence-electron chi connectivity index (χ2n) is 8.53. The van der Waals surface area contributed by atoms with Gasteiger partial charge in [0.25, 0.3) is 0 Å². The van der Waals surface area contributed by atoms with Crippen LogP contribution >= 0.6 is 0 Å². The van der Waals surface area contributed by atoms with Gasteiger partial charge < -0.3 is 18.9 Å². The van der Waals surface area contributed by atoms with Gasteiger partial charge in [-0.15, -0.1) is 0 Å². The molecule has 0 atom stereocenters. The molecule has 13 heteroatoms. The van der Waals surface area contributed by atoms with Gasteiger partial charge in [0.1, 0.15) is 24.8 Å². The highest BCUT2D eigenvalue weighted by Crippen LogP contribution is 2.30. The standard InChI is InChI=1S/C28H21F6N3O4/c29-27(30,31)20-7-1-18(2-8-20)5-11-25-36-22(15-40-25)13-35-24(38)17-39-14-23-16-41-26(37-23)12-6-19-3-9-21(10-4-19)28(32,33)34/h1-12,15-16H,13-14,17H2,(H,35,38)/b11-5+,12-6+. The molecule has 41 heavy (non-hydrogen) atoms. The number of alkyl halides is 6. The Labute approximate surface area is 229 Å². The maximum absolute atomic E-state index is 12.6. The molecule has 0 radical (unpaired) electrons. The van der Waals surface area contributed by atoms with Gasteiger partial charge in [-0.05, 0) is 47.5 Å². The van der Waals surface area contributed by atoms with Gasteiger partial charge in [0.2, 0.25) is 17.7 Å². The van der Waals surface area contributed by atoms with Gasteiger partial charge in [-0.25, -0.2) is 9.97 Å². The van der Waals surface area contributed by atoms with Crippen molar-refractivity contribution in [1.29, 1.82) is 0 Å². The van der Waals surface area contributed by atoms with Crippen molar-refractivity contribution in [1.82, 2.24) is 15.3 Å². The summed E-state index contributed by atoms with van der Waals surface area (Å²) in [6.07, 6.45) is -0.0770. The van der Waals surface area contributed by atoms with E-state index in [1.54, 1.807) is 12.2 Å². The molecule has 0 spiro atoms. The van der Waals surface area contributed by atoms with Crippen molar-refractivity contribution in [2.24, 2.45) is 0 Å². The molecule has 0 bridgehead atoms. The van der Waals surface area contributed by atoms with Crippen LogP contribution in [0, 0.1) is 0 Å². The van der Waals surface area contributed by atoms with Crippen LogP contribution in [-0.4, -0.2) is 22.5 Å². The van der Waals surface area contributed by atoms with Gasteiger partial charge in [-0.3, -0.25) is 4.79 Å². The Morgan fingerprint density at radius 3 is 1.68 bits per heavy atom. The number of hydrogen-bond donors (Lipinski definition) is 1. The molecule has 0 unspecified atom stereocenters. The molecule has 0 aliphatic rings. The van der Waals surface area contributed by atoms with E-state index in [0.29, 0.717) is 22.5 Å². The normalized spacial score (nSPS) is 12.4. The molecule has 0 aliphatic carbocycles. The Bertz CT molecular complexity index is 1500. The van der Waals surface area contributed by atoms with E-state index in [9.17, 15) is 31.1 Å². The summed E-state index contributed by atoms with van der Waals surface area (Å²) in [4.78, 5) is 20.4. The number of carbonyl (C=O) groups is 1. The van der Waals surface area contributed by atoms with E-state index in [0.717, 1.165) is 24.3 Å². The summed E-state index contributed by atoms with van der Waals surface area (Å²) in [5.41, 5.74) is 0.396. The first kappa shape index (κ1) is 29.3. The summed E-state index contributed by atoms with van der Waals surface area (Å²) in [6, 6.07) is 9.20. The lowest BCUT2D eigenvalue weighted by atomic mass is 10.1. The van der Waals surface area contributed by atoms with Crippen LogP contribution in [0.3, 0.4) is 0 Å². The van der Waals surface area contributed by atoms with Crippen LogP contribution in [0.1, 0.15) is 45.4 Å². The summed E-state index contributed by atoms with van der Waals surface area (Å²) in [6.45, 7) is -0.237. The minimum Gasteiger partial charge on any atom is -0.445 e. The first-order chi connectivity index (χ1) is 19.5. The Morgan fingerprint density at radius 1 is 0.732 bits per heavy atom. The number of benzene rings is 2. The topological polar surface area (TPSA) is 90.4 Å². The molecule has 0 fully saturated rings. The monoisotopic (exact) mass is 577 g/mol. The van der Waals surface area contributed by atoms with Crippen LogP contribution in [0.15, 0.2) is 69.9 Å². The van der Waals surface area contributed by atoms with Crippen molar-refractivity contribution in [3.63, 3.8) is 0 Å². The number of nitrogens with zero attached hydrogens (tertiary/aromatic N) is 2. The number of aromatic nitrogens is 2. The third kappa shape index (κ3) is 8.93. The van der Waals surface area contributed by atoms with Crippen molar-refractivity contribution in [3.05, 3.63) is 106 Å². The molecule has 4 rings (SSSR count). The minimum absolute atomic E-state index is 0.0199. The number of hydrogen-bond acceptors (Lipinski definition) is 6. The zero-order valence-corrected chi connectivity index (χ0v) is 21.0. The first-order valence-corrected chi connectivity index (χ1v) is 11.9. The van der Waals surface area contributed by atoms with E-state index < -0.39 is 29.4 Å². The zero-order chi connectivity index (χ0) is 29.5. The minimum atomic E-state index is -4.41. The molecular weight excluding hydrogens is 556 g/mol. The predicted molar refractivity (Wildman–Crippen MR) is 135 cm³/mol. The molecule has 1 amide bonds. The third-order valence-corrected chi connectivity index (χ3v) is 5.40. The number of ether oxygens (including phenoxy) is 1. The number of carbonyl (C=O) groups excluding carboxylic acids is 1. The Hall–Kier alpha value is -4.65. The number of amides is 1. The molecular formula is C28H21F6N3O4. The van der Waals surface area contributed by atoms with Crippen LogP contribution in [0.25, 0.3) is 24.3 Å². The van der Waals surface area contributed by atoms with Crippen LogP contribution in [-0.2, 0) is 35.0 Å². The lowest BCUT2D eigenvalue weighted by Crippen LogP contribution is -2.27. The highest BCUT2D eigenvalue weighted by Gasteiger charge is 2.30. The molecule has 7 nitrogen and oxygen atoms in total. The number of nitrogens with one attached hydrogen (secondary N) is 1. The molecule has 4 aromatic rings. The second-order valence-corrected chi connectivity index (χ2v) is 8.53. The van der Waals surface area contributed by atoms with Crippen molar-refractivity contribution in [3.8, 4) is 0 Å². The number of rotatable bonds is 10. The van der Waals surface area contributed by atoms with E-state index in [-0.39, 0.29) is 31.5 Å². The van der Waals surface area contributed by atoms with Gasteiger partial charge in [-0.1, -0.05) is 24.3 Å². The molecule has 2 aromatic carbocycles. The molecule has 2 heterocycles. The average Bonchev–Trinajstić information content (AvgIpc) is 3.58. The lowest BCUT2D eigenvalue weighted by molar-refractivity contribution is -0.138. The van der Waals surface area contributed by atoms with Crippen LogP contribution in [0.4, 0.5) is 26.3 Å². The molecule has 214 valence electrons. The van der Waals surface area contributed by atoms with Crippen LogP contribution in [0.2, 0.25) is 0 Å². The zero-order valence-electron chi connectivity index (χ0n) is 21.0. The van der Waals surface area contributed by atoms with Crippen LogP contribution < -0.4 is 5.32 Å². The first-order valence-electron chi connectivity index (χ1n) is 11.9. The van der Waals surface area contributed by atoms with E-state index in [4.69, 9.17) is 13.6 Å². The van der Waals surface area contributed by atoms with Crippen LogP contribution in [0.5, 0.6) is 0 Å². The third-order valence-electron chi connectivity index (χ3n) is 5.40.